The average molecular weight is 873 g/mol. The summed E-state index contributed by atoms with van der Waals surface area (Å²) < 4.78 is 16.7. The monoisotopic (exact) mass is 873 g/mol. The molecular weight excluding hydrogens is 769 g/mol. The third-order valence-corrected chi connectivity index (χ3v) is 12.2. The van der Waals surface area contributed by atoms with E-state index >= 15 is 0 Å². The van der Waals surface area contributed by atoms with Crippen molar-refractivity contribution in [2.24, 2.45) is 0 Å². The van der Waals surface area contributed by atoms with E-state index in [-0.39, 0.29) is 31.1 Å². The van der Waals surface area contributed by atoms with Crippen molar-refractivity contribution in [2.45, 2.75) is 303 Å². The molecule has 0 heterocycles. The quantitative estimate of drug-likeness (QED) is 0.0262. The fourth-order valence-electron chi connectivity index (χ4n) is 8.02. The third kappa shape index (κ3) is 48.9. The number of unbranched alkanes of at least 4 members (excludes halogenated alkanes) is 35. The van der Waals surface area contributed by atoms with E-state index in [0.29, 0.717) is 19.3 Å². The van der Waals surface area contributed by atoms with Crippen LogP contribution in [0.3, 0.4) is 0 Å². The van der Waals surface area contributed by atoms with Crippen LogP contribution in [0.4, 0.5) is 0 Å². The highest BCUT2D eigenvalue weighted by molar-refractivity contribution is 5.71. The molecule has 1 atom stereocenters. The van der Waals surface area contributed by atoms with Crippen LogP contribution in [-0.2, 0) is 28.6 Å². The van der Waals surface area contributed by atoms with Crippen molar-refractivity contribution in [1.82, 2.24) is 0 Å². The Kier molecular flexibility index (Phi) is 49.8. The normalized spacial score (nSPS) is 12.1. The summed E-state index contributed by atoms with van der Waals surface area (Å²) in [7, 11) is 0. The predicted octanol–water partition coefficient (Wildman–Crippen LogP) is 17.9. The zero-order valence-electron chi connectivity index (χ0n) is 41.7. The van der Waals surface area contributed by atoms with E-state index in [4.69, 9.17) is 14.2 Å². The molecule has 6 heteroatoms. The maximum absolute atomic E-state index is 12.7. The summed E-state index contributed by atoms with van der Waals surface area (Å²) in [5, 5.41) is 0. The van der Waals surface area contributed by atoms with Gasteiger partial charge in [-0.2, -0.15) is 0 Å². The van der Waals surface area contributed by atoms with Gasteiger partial charge in [0.05, 0.1) is 0 Å². The van der Waals surface area contributed by atoms with Gasteiger partial charge in [-0.25, -0.2) is 0 Å². The van der Waals surface area contributed by atoms with E-state index in [0.717, 1.165) is 64.2 Å². The maximum Gasteiger partial charge on any atom is 0.306 e. The Hall–Kier alpha value is -2.11. The van der Waals surface area contributed by atoms with Gasteiger partial charge in [0.25, 0.3) is 0 Å². The molecule has 0 aliphatic carbocycles. The molecule has 0 amide bonds. The summed E-state index contributed by atoms with van der Waals surface area (Å²) in [4.78, 5) is 37.8. The Balaban J connectivity index is 4.07. The van der Waals surface area contributed by atoms with Gasteiger partial charge in [-0.15, -0.1) is 0 Å². The molecule has 1 unspecified atom stereocenters. The SMILES string of the molecule is CCCCC/C=C\CCCCCCCC(=O)OC(COC(=O)CCCCCCCCC)COC(=O)CCCCCCCCCCCCCCC/C=C\CCCCCCCCCC. The lowest BCUT2D eigenvalue weighted by molar-refractivity contribution is -0.167. The summed E-state index contributed by atoms with van der Waals surface area (Å²) in [5.41, 5.74) is 0. The Bertz CT molecular complexity index is 1000. The van der Waals surface area contributed by atoms with Crippen molar-refractivity contribution in [3.8, 4) is 0 Å². The molecule has 0 aliphatic rings. The number of carbonyl (C=O) groups is 3. The zero-order chi connectivity index (χ0) is 45.1. The summed E-state index contributed by atoms with van der Waals surface area (Å²) in [6, 6.07) is 0. The number of rotatable bonds is 50. The van der Waals surface area contributed by atoms with Crippen LogP contribution in [-0.4, -0.2) is 37.2 Å². The molecular formula is C56H104O6. The van der Waals surface area contributed by atoms with Crippen LogP contribution >= 0.6 is 0 Å². The van der Waals surface area contributed by atoms with Crippen LogP contribution in [0.1, 0.15) is 297 Å². The number of hydrogen-bond donors (Lipinski definition) is 0. The number of hydrogen-bond acceptors (Lipinski definition) is 6. The zero-order valence-corrected chi connectivity index (χ0v) is 41.7. The lowest BCUT2D eigenvalue weighted by Crippen LogP contribution is -2.30. The first kappa shape index (κ1) is 59.9. The highest BCUT2D eigenvalue weighted by Gasteiger charge is 2.19. The number of ether oxygens (including phenoxy) is 3. The van der Waals surface area contributed by atoms with Crippen LogP contribution in [0.25, 0.3) is 0 Å². The van der Waals surface area contributed by atoms with E-state index in [2.05, 4.69) is 45.1 Å². The number of esters is 3. The van der Waals surface area contributed by atoms with Gasteiger partial charge in [0.15, 0.2) is 6.10 Å². The van der Waals surface area contributed by atoms with Gasteiger partial charge in [-0.05, 0) is 70.6 Å². The van der Waals surface area contributed by atoms with Gasteiger partial charge in [-0.1, -0.05) is 231 Å². The summed E-state index contributed by atoms with van der Waals surface area (Å²) in [5.74, 6) is -0.876. The molecule has 0 rings (SSSR count). The minimum atomic E-state index is -0.768. The summed E-state index contributed by atoms with van der Waals surface area (Å²) >= 11 is 0. The Labute approximate surface area is 385 Å². The topological polar surface area (TPSA) is 78.9 Å². The molecule has 0 fully saturated rings. The van der Waals surface area contributed by atoms with Crippen LogP contribution in [0.5, 0.6) is 0 Å². The molecule has 0 spiro atoms. The van der Waals surface area contributed by atoms with E-state index in [1.54, 1.807) is 0 Å². The van der Waals surface area contributed by atoms with Crippen molar-refractivity contribution < 1.29 is 28.6 Å². The van der Waals surface area contributed by atoms with Gasteiger partial charge in [0, 0.05) is 19.3 Å². The second-order valence-electron chi connectivity index (χ2n) is 18.5. The van der Waals surface area contributed by atoms with Crippen LogP contribution in [0, 0.1) is 0 Å². The van der Waals surface area contributed by atoms with Crippen LogP contribution < -0.4 is 0 Å². The molecule has 6 nitrogen and oxygen atoms in total. The second-order valence-corrected chi connectivity index (χ2v) is 18.5. The van der Waals surface area contributed by atoms with E-state index in [1.807, 2.05) is 0 Å². The first-order valence-electron chi connectivity index (χ1n) is 27.3. The van der Waals surface area contributed by atoms with Crippen molar-refractivity contribution >= 4 is 17.9 Å². The highest BCUT2D eigenvalue weighted by atomic mass is 16.6. The highest BCUT2D eigenvalue weighted by Crippen LogP contribution is 2.16. The van der Waals surface area contributed by atoms with Gasteiger partial charge in [-0.3, -0.25) is 14.4 Å². The molecule has 0 aromatic carbocycles. The van der Waals surface area contributed by atoms with Crippen molar-refractivity contribution in [3.05, 3.63) is 24.3 Å². The molecule has 62 heavy (non-hydrogen) atoms. The molecule has 0 saturated carbocycles. The van der Waals surface area contributed by atoms with Crippen molar-refractivity contribution in [3.63, 3.8) is 0 Å². The second kappa shape index (κ2) is 51.5. The first-order valence-corrected chi connectivity index (χ1v) is 27.3. The predicted molar refractivity (Wildman–Crippen MR) is 266 cm³/mol. The summed E-state index contributed by atoms with van der Waals surface area (Å²) in [6.07, 6.45) is 59.1. The van der Waals surface area contributed by atoms with E-state index < -0.39 is 6.10 Å². The van der Waals surface area contributed by atoms with Gasteiger partial charge < -0.3 is 14.2 Å². The first-order chi connectivity index (χ1) is 30.5. The lowest BCUT2D eigenvalue weighted by Gasteiger charge is -2.18. The van der Waals surface area contributed by atoms with Gasteiger partial charge in [0.2, 0.25) is 0 Å². The minimum absolute atomic E-state index is 0.0714. The molecule has 0 bridgehead atoms. The Morgan fingerprint density at radius 1 is 0.306 bits per heavy atom. The molecule has 0 aromatic heterocycles. The van der Waals surface area contributed by atoms with E-state index in [9.17, 15) is 14.4 Å². The molecule has 364 valence electrons. The number of allylic oxidation sites excluding steroid dienone is 4. The smallest absolute Gasteiger partial charge is 0.306 e. The molecule has 0 aromatic rings. The minimum Gasteiger partial charge on any atom is -0.462 e. The fourth-order valence-corrected chi connectivity index (χ4v) is 8.02. The molecule has 0 radical (unpaired) electrons. The number of carbonyl (C=O) groups excluding carboxylic acids is 3. The van der Waals surface area contributed by atoms with Gasteiger partial charge >= 0.3 is 17.9 Å². The van der Waals surface area contributed by atoms with E-state index in [1.165, 1.54) is 193 Å². The molecule has 0 N–H and O–H groups in total. The largest absolute Gasteiger partial charge is 0.462 e. The average Bonchev–Trinajstić information content (AvgIpc) is 3.27. The lowest BCUT2D eigenvalue weighted by atomic mass is 10.0. The van der Waals surface area contributed by atoms with Gasteiger partial charge in [0.1, 0.15) is 13.2 Å². The van der Waals surface area contributed by atoms with Crippen molar-refractivity contribution in [1.29, 1.82) is 0 Å². The standard InChI is InChI=1S/C56H104O6/c1-4-7-10-13-16-18-20-22-23-24-25-26-27-28-29-30-31-32-33-34-36-37-40-43-46-49-55(58)61-52-53(51-60-54(57)48-45-42-39-15-12-9-6-3)62-56(59)50-47-44-41-38-35-21-19-17-14-11-8-5-2/h17,19,24-25,53H,4-16,18,20-23,26-52H2,1-3H3/b19-17-,25-24-. The van der Waals surface area contributed by atoms with Crippen LogP contribution in [0.15, 0.2) is 24.3 Å². The summed E-state index contributed by atoms with van der Waals surface area (Å²) in [6.45, 7) is 6.59. The van der Waals surface area contributed by atoms with Crippen LogP contribution in [0.2, 0.25) is 0 Å². The van der Waals surface area contributed by atoms with Crippen molar-refractivity contribution in [2.75, 3.05) is 13.2 Å². The molecule has 0 aliphatic heterocycles. The third-order valence-electron chi connectivity index (χ3n) is 12.2. The fraction of sp³-hybridized carbons (Fsp3) is 0.875. The molecule has 0 saturated heterocycles. The maximum atomic E-state index is 12.7. The Morgan fingerprint density at radius 2 is 0.532 bits per heavy atom. The Morgan fingerprint density at radius 3 is 0.839 bits per heavy atom.